The maximum absolute atomic E-state index is 13.2. The first kappa shape index (κ1) is 13.9. The van der Waals surface area contributed by atoms with E-state index in [4.69, 9.17) is 11.6 Å². The first-order valence-corrected chi connectivity index (χ1v) is 7.85. The van der Waals surface area contributed by atoms with E-state index in [9.17, 15) is 4.39 Å². The first-order chi connectivity index (χ1) is 9.70. The minimum absolute atomic E-state index is 0.226. The number of nitrogens with one attached hydrogen (secondary N) is 1. The average Bonchev–Trinajstić information content (AvgIpc) is 3.23. The number of halogens is 2. The largest absolute Gasteiger partial charge is 0.310 e. The molecule has 0 saturated heterocycles. The molecule has 0 spiro atoms. The van der Waals surface area contributed by atoms with Crippen LogP contribution in [0.15, 0.2) is 52.3 Å². The van der Waals surface area contributed by atoms with E-state index < -0.39 is 0 Å². The SMILES string of the molecule is Fc1cccc(Sc2ccc(CNC3CC3)cc2Cl)c1. The Labute approximate surface area is 127 Å². The number of hydrogen-bond acceptors (Lipinski definition) is 2. The van der Waals surface area contributed by atoms with Crippen LogP contribution in [0.5, 0.6) is 0 Å². The molecule has 104 valence electrons. The lowest BCUT2D eigenvalue weighted by molar-refractivity contribution is 0.624. The van der Waals surface area contributed by atoms with Crippen LogP contribution in [0, 0.1) is 5.82 Å². The van der Waals surface area contributed by atoms with E-state index in [1.165, 1.54) is 42.3 Å². The van der Waals surface area contributed by atoms with Crippen molar-refractivity contribution in [3.63, 3.8) is 0 Å². The van der Waals surface area contributed by atoms with Crippen molar-refractivity contribution in [3.05, 3.63) is 58.9 Å². The summed E-state index contributed by atoms with van der Waals surface area (Å²) in [5, 5.41) is 4.18. The number of rotatable bonds is 5. The van der Waals surface area contributed by atoms with Gasteiger partial charge in [0.15, 0.2) is 0 Å². The third kappa shape index (κ3) is 3.75. The van der Waals surface area contributed by atoms with Crippen LogP contribution in [-0.4, -0.2) is 6.04 Å². The van der Waals surface area contributed by atoms with Crippen molar-refractivity contribution in [3.8, 4) is 0 Å². The monoisotopic (exact) mass is 307 g/mol. The van der Waals surface area contributed by atoms with Gasteiger partial charge in [-0.3, -0.25) is 0 Å². The third-order valence-corrected chi connectivity index (χ3v) is 4.68. The zero-order chi connectivity index (χ0) is 13.9. The van der Waals surface area contributed by atoms with Gasteiger partial charge in [-0.15, -0.1) is 0 Å². The molecule has 0 atom stereocenters. The van der Waals surface area contributed by atoms with Gasteiger partial charge in [0.2, 0.25) is 0 Å². The van der Waals surface area contributed by atoms with E-state index in [1.54, 1.807) is 6.07 Å². The van der Waals surface area contributed by atoms with Crippen molar-refractivity contribution >= 4 is 23.4 Å². The highest BCUT2D eigenvalue weighted by Gasteiger charge is 2.20. The fourth-order valence-corrected chi connectivity index (χ4v) is 3.13. The molecule has 0 unspecified atom stereocenters. The lowest BCUT2D eigenvalue weighted by Crippen LogP contribution is -2.15. The summed E-state index contributed by atoms with van der Waals surface area (Å²) < 4.78 is 13.2. The van der Waals surface area contributed by atoms with E-state index in [2.05, 4.69) is 11.4 Å². The molecule has 0 aliphatic heterocycles. The van der Waals surface area contributed by atoms with Crippen molar-refractivity contribution in [2.75, 3.05) is 0 Å². The van der Waals surface area contributed by atoms with Gasteiger partial charge in [0.05, 0.1) is 5.02 Å². The molecule has 0 aromatic heterocycles. The van der Waals surface area contributed by atoms with Gasteiger partial charge in [-0.2, -0.15) is 0 Å². The van der Waals surface area contributed by atoms with Crippen LogP contribution in [-0.2, 0) is 6.54 Å². The molecule has 0 bridgehead atoms. The number of hydrogen-bond donors (Lipinski definition) is 1. The van der Waals surface area contributed by atoms with Gasteiger partial charge < -0.3 is 5.32 Å². The second-order valence-corrected chi connectivity index (χ2v) is 6.50. The lowest BCUT2D eigenvalue weighted by Gasteiger charge is -2.08. The average molecular weight is 308 g/mol. The second kappa shape index (κ2) is 6.17. The quantitative estimate of drug-likeness (QED) is 0.844. The maximum atomic E-state index is 13.2. The standard InChI is InChI=1S/C16H15ClFNS/c17-15-8-11(10-19-13-5-6-13)4-7-16(15)20-14-3-1-2-12(18)9-14/h1-4,7-9,13,19H,5-6,10H2. The molecule has 0 amide bonds. The normalized spacial score (nSPS) is 14.5. The van der Waals surface area contributed by atoms with E-state index in [1.807, 2.05) is 18.2 Å². The van der Waals surface area contributed by atoms with Crippen molar-refractivity contribution in [2.45, 2.75) is 35.2 Å². The van der Waals surface area contributed by atoms with E-state index >= 15 is 0 Å². The van der Waals surface area contributed by atoms with Gasteiger partial charge >= 0.3 is 0 Å². The summed E-state index contributed by atoms with van der Waals surface area (Å²) in [6, 6.07) is 13.3. The molecular weight excluding hydrogens is 293 g/mol. The van der Waals surface area contributed by atoms with Crippen molar-refractivity contribution in [1.29, 1.82) is 0 Å². The molecule has 1 aliphatic carbocycles. The van der Waals surface area contributed by atoms with E-state index in [0.717, 1.165) is 16.3 Å². The molecule has 4 heteroatoms. The molecule has 1 nitrogen and oxygen atoms in total. The van der Waals surface area contributed by atoms with E-state index in [0.29, 0.717) is 11.1 Å². The molecule has 1 fully saturated rings. The Morgan fingerprint density at radius 2 is 2.05 bits per heavy atom. The zero-order valence-corrected chi connectivity index (χ0v) is 12.5. The molecule has 0 radical (unpaired) electrons. The van der Waals surface area contributed by atoms with Gasteiger partial charge in [-0.05, 0) is 48.7 Å². The Hall–Kier alpha value is -1.03. The maximum Gasteiger partial charge on any atom is 0.124 e. The molecule has 1 saturated carbocycles. The minimum Gasteiger partial charge on any atom is -0.310 e. The van der Waals surface area contributed by atoms with E-state index in [-0.39, 0.29) is 5.82 Å². The Bertz CT molecular complexity index is 613. The zero-order valence-electron chi connectivity index (χ0n) is 10.9. The lowest BCUT2D eigenvalue weighted by atomic mass is 10.2. The molecule has 0 heterocycles. The Kier molecular flexibility index (Phi) is 4.29. The molecule has 1 N–H and O–H groups in total. The van der Waals surface area contributed by atoms with Crippen LogP contribution in [0.3, 0.4) is 0 Å². The molecule has 3 rings (SSSR count). The first-order valence-electron chi connectivity index (χ1n) is 6.66. The topological polar surface area (TPSA) is 12.0 Å². The van der Waals surface area contributed by atoms with Crippen LogP contribution in [0.1, 0.15) is 18.4 Å². The van der Waals surface area contributed by atoms with Gasteiger partial charge in [0.25, 0.3) is 0 Å². The summed E-state index contributed by atoms with van der Waals surface area (Å²) in [4.78, 5) is 1.81. The molecule has 1 aliphatic rings. The molecule has 2 aromatic carbocycles. The van der Waals surface area contributed by atoms with Crippen LogP contribution >= 0.6 is 23.4 Å². The molecule has 20 heavy (non-hydrogen) atoms. The van der Waals surface area contributed by atoms with Crippen LogP contribution < -0.4 is 5.32 Å². The highest BCUT2D eigenvalue weighted by Crippen LogP contribution is 2.34. The molecule has 2 aromatic rings. The smallest absolute Gasteiger partial charge is 0.124 e. The predicted molar refractivity (Wildman–Crippen MR) is 81.8 cm³/mol. The number of benzene rings is 2. The van der Waals surface area contributed by atoms with Gasteiger partial charge in [0.1, 0.15) is 5.82 Å². The van der Waals surface area contributed by atoms with Crippen LogP contribution in [0.25, 0.3) is 0 Å². The van der Waals surface area contributed by atoms with Gasteiger partial charge in [-0.25, -0.2) is 4.39 Å². The van der Waals surface area contributed by atoms with Crippen molar-refractivity contribution in [1.82, 2.24) is 5.32 Å². The Balaban J connectivity index is 1.69. The predicted octanol–water partition coefficient (Wildman–Crippen LogP) is 4.88. The van der Waals surface area contributed by atoms with Gasteiger partial charge in [0, 0.05) is 22.4 Å². The fourth-order valence-electron chi connectivity index (χ4n) is 1.94. The van der Waals surface area contributed by atoms with Crippen LogP contribution in [0.2, 0.25) is 5.02 Å². The second-order valence-electron chi connectivity index (χ2n) is 4.98. The summed E-state index contributed by atoms with van der Waals surface area (Å²) in [5.74, 6) is -0.226. The fraction of sp³-hybridized carbons (Fsp3) is 0.250. The van der Waals surface area contributed by atoms with Crippen molar-refractivity contribution in [2.24, 2.45) is 0 Å². The van der Waals surface area contributed by atoms with Gasteiger partial charge in [-0.1, -0.05) is 35.5 Å². The summed E-state index contributed by atoms with van der Waals surface area (Å²) in [7, 11) is 0. The summed E-state index contributed by atoms with van der Waals surface area (Å²) in [6.45, 7) is 0.856. The summed E-state index contributed by atoms with van der Waals surface area (Å²) in [6.07, 6.45) is 2.56. The Morgan fingerprint density at radius 1 is 1.20 bits per heavy atom. The summed E-state index contributed by atoms with van der Waals surface area (Å²) in [5.41, 5.74) is 1.19. The van der Waals surface area contributed by atoms with Crippen LogP contribution in [0.4, 0.5) is 4.39 Å². The summed E-state index contributed by atoms with van der Waals surface area (Å²) >= 11 is 7.79. The Morgan fingerprint density at radius 3 is 2.75 bits per heavy atom. The van der Waals surface area contributed by atoms with Crippen molar-refractivity contribution < 1.29 is 4.39 Å². The highest BCUT2D eigenvalue weighted by atomic mass is 35.5. The molecular formula is C16H15ClFNS. The minimum atomic E-state index is -0.226. The third-order valence-electron chi connectivity index (χ3n) is 3.19. The highest BCUT2D eigenvalue weighted by molar-refractivity contribution is 7.99.